The van der Waals surface area contributed by atoms with Crippen molar-refractivity contribution in [3.8, 4) is 39.8 Å². The zero-order valence-corrected chi connectivity index (χ0v) is 44.8. The first-order valence-corrected chi connectivity index (χ1v) is 26.3. The number of nitrogen functional groups attached to an aromatic ring is 1. The quantitative estimate of drug-likeness (QED) is 0.0226. The monoisotopic (exact) mass is 1080 g/mol. The number of H-pyrrole nitrogens is 1. The van der Waals surface area contributed by atoms with E-state index in [1.807, 2.05) is 57.4 Å². The van der Waals surface area contributed by atoms with Crippen LogP contribution in [0.25, 0.3) is 49.8 Å². The Bertz CT molecular complexity index is 3250. The minimum absolute atomic E-state index is 0.124. The van der Waals surface area contributed by atoms with Crippen LogP contribution >= 0.6 is 11.6 Å². The molecule has 4 heterocycles. The zero-order chi connectivity index (χ0) is 54.8. The van der Waals surface area contributed by atoms with Gasteiger partial charge in [0.05, 0.1) is 82.1 Å². The number of phenolic OH excluding ortho intramolecular Hbond substituents is 1. The Kier molecular flexibility index (Phi) is 20.3. The van der Waals surface area contributed by atoms with Gasteiger partial charge in [0, 0.05) is 84.9 Å². The lowest BCUT2D eigenvalue weighted by Crippen LogP contribution is -2.43. The molecule has 0 radical (unpaired) electrons. The fourth-order valence-corrected chi connectivity index (χ4v) is 9.04. The van der Waals surface area contributed by atoms with Gasteiger partial charge in [-0.05, 0) is 95.8 Å². The second-order valence-corrected chi connectivity index (χ2v) is 18.7. The molecule has 1 atom stereocenters. The number of allylic oxidation sites excluding steroid dienone is 2. The molecule has 7 aromatic rings. The van der Waals surface area contributed by atoms with Crippen molar-refractivity contribution in [2.24, 2.45) is 7.05 Å². The topological polar surface area (TPSA) is 247 Å². The number of anilines is 1. The molecule has 8 rings (SSSR count). The summed E-state index contributed by atoms with van der Waals surface area (Å²) in [6.45, 7) is 8.47. The first-order chi connectivity index (χ1) is 37.9. The molecule has 0 saturated carbocycles. The molecule has 3 amide bonds. The first-order valence-electron chi connectivity index (χ1n) is 25.9. The molecule has 19 nitrogen and oxygen atoms in total. The maximum Gasteiger partial charge on any atom is 0.300 e. The van der Waals surface area contributed by atoms with Crippen molar-refractivity contribution >= 4 is 62.6 Å². The summed E-state index contributed by atoms with van der Waals surface area (Å²) in [4.78, 5) is 50.5. The number of rotatable bonds is 29. The van der Waals surface area contributed by atoms with Crippen LogP contribution in [0.1, 0.15) is 40.4 Å². The summed E-state index contributed by atoms with van der Waals surface area (Å²) in [5.74, 6) is 0.323. The Labute approximate surface area is 457 Å². The number of hydrogen-bond donors (Lipinski definition) is 7. The van der Waals surface area contributed by atoms with Crippen molar-refractivity contribution in [3.63, 3.8) is 0 Å². The number of fused-ring (bicyclic) bond motifs is 2. The maximum absolute atomic E-state index is 13.1. The predicted molar refractivity (Wildman–Crippen MR) is 301 cm³/mol. The summed E-state index contributed by atoms with van der Waals surface area (Å²) in [7, 11) is 2.02. The average Bonchev–Trinajstić information content (AvgIpc) is 4.07. The number of aromatic hydroxyl groups is 1. The largest absolute Gasteiger partial charge is 0.508 e. The number of hydrogen-bond acceptors (Lipinski definition) is 14. The van der Waals surface area contributed by atoms with Gasteiger partial charge in [-0.15, -0.1) is 0 Å². The summed E-state index contributed by atoms with van der Waals surface area (Å²) in [5.41, 5.74) is 16.4. The molecule has 1 unspecified atom stereocenters. The number of nitrogens with two attached hydrogens (primary N) is 1. The van der Waals surface area contributed by atoms with Gasteiger partial charge >= 0.3 is 0 Å². The number of carbonyl (C=O) groups excluding carboxylic acids is 3. The fraction of sp³-hybridized carbons (Fsp3) is 0.328. The van der Waals surface area contributed by atoms with Gasteiger partial charge in [0.2, 0.25) is 11.8 Å². The number of nitrogens with one attached hydrogen (secondary N) is 5. The van der Waals surface area contributed by atoms with Gasteiger partial charge < -0.3 is 70.1 Å². The molecule has 410 valence electrons. The normalized spacial score (nSPS) is 13.1. The SMILES string of the molecule is CCc1c(C2=CNC(C(=O)NCCC(=O)NCCOCCOCCOCCOCCOCCNC(=O)c3cc(Oc4nc5cc(-c6ccc7c(ccn7C)c6)c(Cl)cc5[nH]4)ccc3C)C=C2)cnc(N)c1-c1ccc(O)cc1. The Balaban J connectivity index is 0.598. The highest BCUT2D eigenvalue weighted by Gasteiger charge is 2.21. The minimum Gasteiger partial charge on any atom is -0.508 e. The van der Waals surface area contributed by atoms with Crippen LogP contribution in [0.4, 0.5) is 5.82 Å². The molecular weight excluding hydrogens is 1020 g/mol. The molecule has 4 aromatic carbocycles. The van der Waals surface area contributed by atoms with Crippen LogP contribution < -0.4 is 31.7 Å². The van der Waals surface area contributed by atoms with Crippen LogP contribution in [0.3, 0.4) is 0 Å². The number of imidazole rings is 1. The standard InChI is InChI=1S/C58H66ClN9O10/c1-4-44-47(36-65-55(60)54(44)38-6-10-42(69)11-7-38)41-8-13-49(64-35-41)57(72)62-17-15-53(70)61-18-21-73-23-25-75-27-29-77-30-28-76-26-24-74-22-19-63-56(71)45-32-43(12-5-37(45)2)78-58-66-50-33-46(48(59)34-51(50)67-58)39-9-14-52-40(31-39)16-20-68(52)3/h5-14,16,20,31-36,49,64,69H,4,15,17-19,21-30H2,1-3H3,(H2,60,65)(H,61,70)(H,62,72)(H,63,71)(H,66,67). The van der Waals surface area contributed by atoms with E-state index in [2.05, 4.69) is 59.0 Å². The lowest BCUT2D eigenvalue weighted by Gasteiger charge is -2.21. The second kappa shape index (κ2) is 28.0. The third-order valence-corrected chi connectivity index (χ3v) is 13.2. The molecule has 20 heteroatoms. The molecule has 78 heavy (non-hydrogen) atoms. The zero-order valence-electron chi connectivity index (χ0n) is 44.0. The van der Waals surface area contributed by atoms with Crippen molar-refractivity contribution in [2.45, 2.75) is 32.7 Å². The molecule has 0 fully saturated rings. The number of aromatic nitrogens is 4. The van der Waals surface area contributed by atoms with E-state index in [-0.39, 0.29) is 42.4 Å². The van der Waals surface area contributed by atoms with Gasteiger partial charge in [-0.3, -0.25) is 14.4 Å². The van der Waals surface area contributed by atoms with E-state index in [0.29, 0.717) is 113 Å². The van der Waals surface area contributed by atoms with Crippen molar-refractivity contribution in [1.82, 2.24) is 40.8 Å². The van der Waals surface area contributed by atoms with Crippen LogP contribution in [0.5, 0.6) is 17.5 Å². The smallest absolute Gasteiger partial charge is 0.300 e. The minimum atomic E-state index is -0.599. The average molecular weight is 1080 g/mol. The van der Waals surface area contributed by atoms with E-state index in [4.69, 9.17) is 45.8 Å². The summed E-state index contributed by atoms with van der Waals surface area (Å²) in [5, 5.41) is 23.1. The number of dihydropyridines is 1. The highest BCUT2D eigenvalue weighted by Crippen LogP contribution is 2.37. The number of aryl methyl sites for hydroxylation is 2. The van der Waals surface area contributed by atoms with Gasteiger partial charge in [-0.2, -0.15) is 4.98 Å². The fourth-order valence-electron chi connectivity index (χ4n) is 8.77. The number of pyridine rings is 1. The molecule has 0 spiro atoms. The van der Waals surface area contributed by atoms with Crippen LogP contribution in [-0.4, -0.2) is 134 Å². The molecule has 0 saturated heterocycles. The molecule has 1 aliphatic heterocycles. The number of nitrogens with zero attached hydrogens (tertiary/aromatic N) is 3. The van der Waals surface area contributed by atoms with Crippen molar-refractivity contribution in [1.29, 1.82) is 0 Å². The van der Waals surface area contributed by atoms with Crippen LogP contribution in [0.15, 0.2) is 110 Å². The number of aromatic amines is 1. The molecular formula is C58H66ClN9O10. The van der Waals surface area contributed by atoms with Crippen LogP contribution in [-0.2, 0) is 46.7 Å². The molecule has 0 bridgehead atoms. The van der Waals surface area contributed by atoms with Gasteiger partial charge in [-0.1, -0.05) is 54.9 Å². The Morgan fingerprint density at radius 1 is 0.782 bits per heavy atom. The number of amides is 3. The number of halogens is 1. The van der Waals surface area contributed by atoms with Gasteiger partial charge in [-0.25, -0.2) is 4.98 Å². The molecule has 8 N–H and O–H groups in total. The third-order valence-electron chi connectivity index (χ3n) is 12.9. The maximum atomic E-state index is 13.1. The van der Waals surface area contributed by atoms with Gasteiger partial charge in [0.25, 0.3) is 11.9 Å². The lowest BCUT2D eigenvalue weighted by atomic mass is 9.91. The summed E-state index contributed by atoms with van der Waals surface area (Å²) < 4.78 is 36.0. The summed E-state index contributed by atoms with van der Waals surface area (Å²) >= 11 is 6.73. The third kappa shape index (κ3) is 15.2. The Morgan fingerprint density at radius 3 is 2.14 bits per heavy atom. The number of carbonyl (C=O) groups is 3. The van der Waals surface area contributed by atoms with E-state index in [0.717, 1.165) is 60.9 Å². The molecule has 3 aromatic heterocycles. The van der Waals surface area contributed by atoms with E-state index < -0.39 is 6.04 Å². The van der Waals surface area contributed by atoms with Crippen molar-refractivity contribution in [3.05, 3.63) is 137 Å². The number of phenols is 1. The highest BCUT2D eigenvalue weighted by molar-refractivity contribution is 6.34. The molecule has 0 aliphatic carbocycles. The van der Waals surface area contributed by atoms with E-state index in [1.165, 1.54) is 0 Å². The lowest BCUT2D eigenvalue weighted by molar-refractivity contribution is -0.122. The van der Waals surface area contributed by atoms with Crippen molar-refractivity contribution < 1.29 is 47.9 Å². The van der Waals surface area contributed by atoms with Crippen LogP contribution in [0, 0.1) is 6.92 Å². The van der Waals surface area contributed by atoms with Crippen LogP contribution in [0.2, 0.25) is 5.02 Å². The highest BCUT2D eigenvalue weighted by atomic mass is 35.5. The van der Waals surface area contributed by atoms with E-state index >= 15 is 0 Å². The number of ether oxygens (including phenoxy) is 6. The van der Waals surface area contributed by atoms with E-state index in [1.54, 1.807) is 54.9 Å². The summed E-state index contributed by atoms with van der Waals surface area (Å²) in [6.07, 6.45) is 9.99. The summed E-state index contributed by atoms with van der Waals surface area (Å²) in [6, 6.07) is 23.9. The van der Waals surface area contributed by atoms with Gasteiger partial charge in [0.1, 0.15) is 23.4 Å². The first kappa shape index (κ1) is 56.4. The van der Waals surface area contributed by atoms with Gasteiger partial charge in [0.15, 0.2) is 0 Å². The second-order valence-electron chi connectivity index (χ2n) is 18.3. The number of benzene rings is 4. The predicted octanol–water partition coefficient (Wildman–Crippen LogP) is 7.39. The Hall–Kier alpha value is -7.78. The Morgan fingerprint density at radius 2 is 1.46 bits per heavy atom. The van der Waals surface area contributed by atoms with Crippen molar-refractivity contribution in [2.75, 3.05) is 91.4 Å². The molecule has 1 aliphatic rings. The van der Waals surface area contributed by atoms with E-state index in [9.17, 15) is 19.5 Å².